The summed E-state index contributed by atoms with van der Waals surface area (Å²) < 4.78 is 5.35. The Morgan fingerprint density at radius 2 is 0.938 bits per heavy atom. The van der Waals surface area contributed by atoms with Crippen LogP contribution >= 0.6 is 0 Å². The molecule has 4 heteroatoms. The molecule has 0 bridgehead atoms. The van der Waals surface area contributed by atoms with E-state index in [-0.39, 0.29) is 5.72 Å². The molecule has 0 radical (unpaired) electrons. The highest BCUT2D eigenvalue weighted by Gasteiger charge is 2.47. The number of hydrogen-bond acceptors (Lipinski definition) is 4. The smallest absolute Gasteiger partial charge is 0.140 e. The van der Waals surface area contributed by atoms with Crippen LogP contribution in [0.1, 0.15) is 162 Å². The van der Waals surface area contributed by atoms with Crippen molar-refractivity contribution in [2.45, 2.75) is 174 Å². The highest BCUT2D eigenvalue weighted by atomic mass is 16.6. The number of epoxide rings is 1. The van der Waals surface area contributed by atoms with Crippen molar-refractivity contribution in [3.8, 4) is 0 Å². The van der Waals surface area contributed by atoms with Crippen molar-refractivity contribution in [1.82, 2.24) is 0 Å². The first-order valence-corrected chi connectivity index (χ1v) is 14.3. The summed E-state index contributed by atoms with van der Waals surface area (Å²) in [6.45, 7) is 7.02. The van der Waals surface area contributed by atoms with Gasteiger partial charge in [0, 0.05) is 0 Å². The first-order chi connectivity index (χ1) is 15.6. The van der Waals surface area contributed by atoms with Crippen LogP contribution in [0, 0.1) is 4.91 Å². The fourth-order valence-corrected chi connectivity index (χ4v) is 4.28. The molecule has 0 spiro atoms. The highest BCUT2D eigenvalue weighted by molar-refractivity contribution is 4.92. The summed E-state index contributed by atoms with van der Waals surface area (Å²) in [5.41, 5.74) is 5.50. The molecule has 1 rings (SSSR count). The van der Waals surface area contributed by atoms with Crippen molar-refractivity contribution in [1.29, 1.82) is 0 Å². The number of nitrogens with two attached hydrogens (primary N) is 1. The van der Waals surface area contributed by atoms with Crippen LogP contribution in [0.2, 0.25) is 0 Å². The molecular weight excluding hydrogens is 396 g/mol. The molecule has 1 aliphatic rings. The Bertz CT molecular complexity index is 388. The van der Waals surface area contributed by atoms with Gasteiger partial charge in [0.25, 0.3) is 0 Å². The summed E-state index contributed by atoms with van der Waals surface area (Å²) in [6, 6.07) is 0. The normalized spacial score (nSPS) is 19.4. The Balaban J connectivity index is 0.000000601. The molecule has 2 N–H and O–H groups in total. The molecule has 0 amide bonds. The molecule has 0 aromatic rings. The SMILES string of the molecule is CCCCCCCCCCCC1OC1(C)N.CCCCCCCCCCCCCCN=O. The molecule has 1 saturated heterocycles. The lowest BCUT2D eigenvalue weighted by atomic mass is 10.0. The van der Waals surface area contributed by atoms with Gasteiger partial charge in [0.15, 0.2) is 0 Å². The van der Waals surface area contributed by atoms with Gasteiger partial charge in [-0.1, -0.05) is 147 Å². The van der Waals surface area contributed by atoms with Gasteiger partial charge in [-0.2, -0.15) is 4.91 Å². The highest BCUT2D eigenvalue weighted by Crippen LogP contribution is 2.34. The minimum atomic E-state index is -0.292. The van der Waals surface area contributed by atoms with Gasteiger partial charge >= 0.3 is 0 Å². The molecule has 1 heterocycles. The molecule has 32 heavy (non-hydrogen) atoms. The lowest BCUT2D eigenvalue weighted by molar-refractivity contribution is 0.309. The zero-order chi connectivity index (χ0) is 23.8. The Labute approximate surface area is 201 Å². The van der Waals surface area contributed by atoms with Crippen LogP contribution in [0.4, 0.5) is 0 Å². The zero-order valence-electron chi connectivity index (χ0n) is 22.2. The fourth-order valence-electron chi connectivity index (χ4n) is 4.28. The van der Waals surface area contributed by atoms with Crippen molar-refractivity contribution in [3.05, 3.63) is 4.91 Å². The largest absolute Gasteiger partial charge is 0.351 e. The van der Waals surface area contributed by atoms with E-state index in [2.05, 4.69) is 19.0 Å². The molecule has 0 aromatic heterocycles. The van der Waals surface area contributed by atoms with Crippen LogP contribution in [0.5, 0.6) is 0 Å². The monoisotopic (exact) mass is 454 g/mol. The molecule has 0 saturated carbocycles. The van der Waals surface area contributed by atoms with E-state index in [1.165, 1.54) is 128 Å². The van der Waals surface area contributed by atoms with Gasteiger partial charge in [0.05, 0.1) is 6.54 Å². The van der Waals surface area contributed by atoms with Crippen LogP contribution in [-0.2, 0) is 4.74 Å². The Kier molecular flexibility index (Phi) is 23.3. The van der Waals surface area contributed by atoms with Crippen molar-refractivity contribution in [2.24, 2.45) is 10.9 Å². The molecule has 0 aromatic carbocycles. The second-order valence-electron chi connectivity index (χ2n) is 10.1. The molecule has 2 atom stereocenters. The summed E-state index contributed by atoms with van der Waals surface area (Å²) >= 11 is 0. The summed E-state index contributed by atoms with van der Waals surface area (Å²) in [4.78, 5) is 9.84. The topological polar surface area (TPSA) is 68.0 Å². The van der Waals surface area contributed by atoms with E-state index in [1.54, 1.807) is 0 Å². The second kappa shape index (κ2) is 23.7. The van der Waals surface area contributed by atoms with Crippen LogP contribution in [0.25, 0.3) is 0 Å². The van der Waals surface area contributed by atoms with Crippen molar-refractivity contribution >= 4 is 0 Å². The average molecular weight is 455 g/mol. The molecule has 192 valence electrons. The minimum Gasteiger partial charge on any atom is -0.351 e. The number of ether oxygens (including phenoxy) is 1. The number of rotatable bonds is 23. The Morgan fingerprint density at radius 1 is 0.625 bits per heavy atom. The maximum absolute atomic E-state index is 9.84. The predicted octanol–water partition coefficient (Wildman–Crippen LogP) is 9.43. The van der Waals surface area contributed by atoms with Crippen LogP contribution in [0.3, 0.4) is 0 Å². The maximum atomic E-state index is 9.84. The molecule has 0 aliphatic carbocycles. The number of nitroso groups, excluding NO2 is 1. The number of unbranched alkanes of at least 4 members (excludes halogenated alkanes) is 19. The summed E-state index contributed by atoms with van der Waals surface area (Å²) in [7, 11) is 0. The number of nitrogens with zero attached hydrogens (tertiary/aromatic N) is 1. The summed E-state index contributed by atoms with van der Waals surface area (Å²) in [5.74, 6) is 0. The molecule has 4 nitrogen and oxygen atoms in total. The first kappa shape index (κ1) is 31.5. The summed E-state index contributed by atoms with van der Waals surface area (Å²) in [5, 5.41) is 2.87. The molecule has 2 unspecified atom stereocenters. The predicted molar refractivity (Wildman–Crippen MR) is 141 cm³/mol. The standard InChI is InChI=1S/2C14H29NO/c1-3-4-5-6-7-8-9-10-11-12-13-14(2,15)16-13;1-2-3-4-5-6-7-8-9-10-11-12-13-14-15-16/h13H,3-12,15H2,1-2H3;2-14H2,1H3. The van der Waals surface area contributed by atoms with E-state index in [9.17, 15) is 4.91 Å². The van der Waals surface area contributed by atoms with Gasteiger partial charge in [-0.05, 0) is 19.8 Å². The lowest BCUT2D eigenvalue weighted by Crippen LogP contribution is -2.22. The van der Waals surface area contributed by atoms with E-state index >= 15 is 0 Å². The van der Waals surface area contributed by atoms with Gasteiger partial charge in [-0.3, -0.25) is 0 Å². The average Bonchev–Trinajstić information content (AvgIpc) is 3.40. The van der Waals surface area contributed by atoms with Crippen LogP contribution in [0.15, 0.2) is 5.18 Å². The Morgan fingerprint density at radius 3 is 1.25 bits per heavy atom. The summed E-state index contributed by atoms with van der Waals surface area (Å²) in [6.07, 6.45) is 30.0. The van der Waals surface area contributed by atoms with Gasteiger partial charge < -0.3 is 10.5 Å². The quantitative estimate of drug-likeness (QED) is 0.0949. The fraction of sp³-hybridized carbons (Fsp3) is 1.00. The molecule has 1 aliphatic heterocycles. The van der Waals surface area contributed by atoms with E-state index < -0.39 is 0 Å². The molecule has 1 fully saturated rings. The lowest BCUT2D eigenvalue weighted by Gasteiger charge is -2.01. The van der Waals surface area contributed by atoms with Crippen molar-refractivity contribution in [2.75, 3.05) is 6.54 Å². The van der Waals surface area contributed by atoms with Gasteiger partial charge in [-0.25, -0.2) is 0 Å². The third kappa shape index (κ3) is 22.7. The number of hydrogen-bond donors (Lipinski definition) is 1. The van der Waals surface area contributed by atoms with E-state index in [4.69, 9.17) is 10.5 Å². The third-order valence-corrected chi connectivity index (χ3v) is 6.65. The van der Waals surface area contributed by atoms with Gasteiger partial charge in [-0.15, -0.1) is 0 Å². The van der Waals surface area contributed by atoms with Gasteiger partial charge in [0.1, 0.15) is 11.8 Å². The van der Waals surface area contributed by atoms with Crippen LogP contribution in [-0.4, -0.2) is 18.4 Å². The minimum absolute atomic E-state index is 0.292. The van der Waals surface area contributed by atoms with E-state index in [0.717, 1.165) is 12.8 Å². The van der Waals surface area contributed by atoms with Crippen molar-refractivity contribution in [3.63, 3.8) is 0 Å². The van der Waals surface area contributed by atoms with Gasteiger partial charge in [0.2, 0.25) is 0 Å². The maximum Gasteiger partial charge on any atom is 0.140 e. The third-order valence-electron chi connectivity index (χ3n) is 6.65. The zero-order valence-corrected chi connectivity index (χ0v) is 22.2. The molecular formula is C28H58N2O2. The van der Waals surface area contributed by atoms with E-state index in [0.29, 0.717) is 12.6 Å². The van der Waals surface area contributed by atoms with Crippen LogP contribution < -0.4 is 5.73 Å². The first-order valence-electron chi connectivity index (χ1n) is 14.3. The van der Waals surface area contributed by atoms with E-state index in [1.807, 2.05) is 6.92 Å². The second-order valence-corrected chi connectivity index (χ2v) is 10.1. The van der Waals surface area contributed by atoms with Crippen molar-refractivity contribution < 1.29 is 4.74 Å². The Hall–Kier alpha value is -0.480.